The smallest absolute Gasteiger partial charge is 0.417 e. The summed E-state index contributed by atoms with van der Waals surface area (Å²) in [5.74, 6) is 1.14. The molecule has 0 aliphatic heterocycles. The molecule has 3 nitrogen and oxygen atoms in total. The normalized spacial score (nSPS) is 14.1. The van der Waals surface area contributed by atoms with Crippen molar-refractivity contribution in [3.8, 4) is 39.5 Å². The van der Waals surface area contributed by atoms with Crippen LogP contribution in [0, 0.1) is 0 Å². The molecule has 1 aliphatic rings. The highest BCUT2D eigenvalue weighted by Gasteiger charge is 2.39. The standard InChI is InChI=1S/C28H23F3O3/c1-27(2)20-13-15(16-7-5-6-8-19(16)28(29,30)31)9-10-17(20)24-21(27)14-22(32)18-11-12-23(33-3)26(34-4)25(18)24/h5-14,32H,1-4H3. The van der Waals surface area contributed by atoms with Gasteiger partial charge in [0.15, 0.2) is 11.5 Å². The Morgan fingerprint density at radius 1 is 0.824 bits per heavy atom. The number of aromatic hydroxyl groups is 1. The molecule has 0 bridgehead atoms. The minimum atomic E-state index is -4.46. The molecule has 34 heavy (non-hydrogen) atoms. The van der Waals surface area contributed by atoms with Crippen molar-refractivity contribution >= 4 is 10.8 Å². The average Bonchev–Trinajstić information content (AvgIpc) is 3.03. The van der Waals surface area contributed by atoms with Gasteiger partial charge in [-0.05, 0) is 63.7 Å². The van der Waals surface area contributed by atoms with E-state index in [0.717, 1.165) is 28.3 Å². The topological polar surface area (TPSA) is 38.7 Å². The summed E-state index contributed by atoms with van der Waals surface area (Å²) in [5.41, 5.74) is 2.94. The van der Waals surface area contributed by atoms with Crippen LogP contribution in [0.3, 0.4) is 0 Å². The monoisotopic (exact) mass is 464 g/mol. The zero-order chi connectivity index (χ0) is 24.4. The Bertz CT molecular complexity index is 1450. The third-order valence-corrected chi connectivity index (χ3v) is 6.80. The first-order valence-electron chi connectivity index (χ1n) is 10.8. The predicted octanol–water partition coefficient (Wildman–Crippen LogP) is 7.55. The van der Waals surface area contributed by atoms with Gasteiger partial charge in [0.25, 0.3) is 0 Å². The molecule has 0 saturated carbocycles. The second-order valence-corrected chi connectivity index (χ2v) is 8.97. The molecule has 174 valence electrons. The number of halogens is 3. The number of benzene rings is 4. The fraction of sp³-hybridized carbons (Fsp3) is 0.214. The lowest BCUT2D eigenvalue weighted by Gasteiger charge is -2.23. The Morgan fingerprint density at radius 3 is 2.24 bits per heavy atom. The molecule has 0 saturated heterocycles. The Kier molecular flexibility index (Phi) is 4.83. The van der Waals surface area contributed by atoms with Crippen LogP contribution < -0.4 is 9.47 Å². The van der Waals surface area contributed by atoms with E-state index in [-0.39, 0.29) is 11.3 Å². The number of fused-ring (bicyclic) bond motifs is 5. The van der Waals surface area contributed by atoms with Gasteiger partial charge in [-0.25, -0.2) is 0 Å². The lowest BCUT2D eigenvalue weighted by molar-refractivity contribution is -0.137. The summed E-state index contributed by atoms with van der Waals surface area (Å²) in [6.07, 6.45) is -4.46. The third kappa shape index (κ3) is 3.05. The summed E-state index contributed by atoms with van der Waals surface area (Å²) in [6, 6.07) is 16.3. The molecule has 0 amide bonds. The Labute approximate surface area is 195 Å². The molecule has 0 aromatic heterocycles. The number of ether oxygens (including phenoxy) is 2. The second kappa shape index (κ2) is 7.42. The molecule has 0 spiro atoms. The van der Waals surface area contributed by atoms with Crippen molar-refractivity contribution in [1.82, 2.24) is 0 Å². The number of hydrogen-bond donors (Lipinski definition) is 1. The van der Waals surface area contributed by atoms with Gasteiger partial charge in [-0.2, -0.15) is 13.2 Å². The number of phenols is 1. The van der Waals surface area contributed by atoms with E-state index in [9.17, 15) is 18.3 Å². The van der Waals surface area contributed by atoms with Crippen LogP contribution in [0.15, 0.2) is 60.7 Å². The molecule has 6 heteroatoms. The molecule has 0 unspecified atom stereocenters. The Balaban J connectivity index is 1.83. The van der Waals surface area contributed by atoms with Crippen molar-refractivity contribution in [1.29, 1.82) is 0 Å². The van der Waals surface area contributed by atoms with Gasteiger partial charge >= 0.3 is 6.18 Å². The minimum absolute atomic E-state index is 0.109. The van der Waals surface area contributed by atoms with Crippen LogP contribution >= 0.6 is 0 Å². The predicted molar refractivity (Wildman–Crippen MR) is 127 cm³/mol. The quantitative estimate of drug-likeness (QED) is 0.340. The van der Waals surface area contributed by atoms with Gasteiger partial charge < -0.3 is 14.6 Å². The van der Waals surface area contributed by atoms with Crippen LogP contribution in [-0.2, 0) is 11.6 Å². The zero-order valence-electron chi connectivity index (χ0n) is 19.2. The molecule has 1 N–H and O–H groups in total. The van der Waals surface area contributed by atoms with Gasteiger partial charge in [0.1, 0.15) is 5.75 Å². The van der Waals surface area contributed by atoms with Gasteiger partial charge in [0.05, 0.1) is 19.8 Å². The van der Waals surface area contributed by atoms with Crippen LogP contribution in [0.2, 0.25) is 0 Å². The number of methoxy groups -OCH3 is 2. The lowest BCUT2D eigenvalue weighted by Crippen LogP contribution is -2.15. The van der Waals surface area contributed by atoms with Crippen LogP contribution in [0.1, 0.15) is 30.5 Å². The number of rotatable bonds is 3. The molecule has 4 aromatic rings. The number of phenolic OH excluding ortho intramolecular Hbond substituents is 1. The SMILES string of the molecule is COc1ccc2c(O)cc3c(c2c1OC)-c1ccc(-c2ccccc2C(F)(F)F)cc1C3(C)C. The van der Waals surface area contributed by atoms with Crippen LogP contribution in [0.4, 0.5) is 13.2 Å². The fourth-order valence-corrected chi connectivity index (χ4v) is 5.16. The van der Waals surface area contributed by atoms with Gasteiger partial charge in [-0.3, -0.25) is 0 Å². The molecule has 0 atom stereocenters. The van der Waals surface area contributed by atoms with Crippen LogP contribution in [0.5, 0.6) is 17.2 Å². The number of hydrogen-bond acceptors (Lipinski definition) is 3. The largest absolute Gasteiger partial charge is 0.507 e. The fourth-order valence-electron chi connectivity index (χ4n) is 5.16. The van der Waals surface area contributed by atoms with Crippen molar-refractivity contribution in [3.63, 3.8) is 0 Å². The second-order valence-electron chi connectivity index (χ2n) is 8.97. The van der Waals surface area contributed by atoms with E-state index in [2.05, 4.69) is 0 Å². The molecule has 0 fully saturated rings. The van der Waals surface area contributed by atoms with Crippen molar-refractivity contribution < 1.29 is 27.8 Å². The van der Waals surface area contributed by atoms with E-state index in [1.54, 1.807) is 44.6 Å². The summed E-state index contributed by atoms with van der Waals surface area (Å²) < 4.78 is 52.3. The zero-order valence-corrected chi connectivity index (χ0v) is 19.2. The maximum atomic E-state index is 13.7. The Hall–Kier alpha value is -3.67. The average molecular weight is 464 g/mol. The molecule has 0 radical (unpaired) electrons. The highest BCUT2D eigenvalue weighted by Crippen LogP contribution is 2.56. The van der Waals surface area contributed by atoms with E-state index in [4.69, 9.17) is 9.47 Å². The van der Waals surface area contributed by atoms with E-state index in [0.29, 0.717) is 27.8 Å². The van der Waals surface area contributed by atoms with E-state index < -0.39 is 17.2 Å². The number of alkyl halides is 3. The molecular formula is C28H23F3O3. The van der Waals surface area contributed by atoms with Gasteiger partial charge in [0.2, 0.25) is 0 Å². The van der Waals surface area contributed by atoms with Crippen molar-refractivity contribution in [2.45, 2.75) is 25.4 Å². The van der Waals surface area contributed by atoms with Gasteiger partial charge in [-0.1, -0.05) is 44.2 Å². The third-order valence-electron chi connectivity index (χ3n) is 6.80. The van der Waals surface area contributed by atoms with Gasteiger partial charge in [-0.15, -0.1) is 0 Å². The molecule has 1 aliphatic carbocycles. The van der Waals surface area contributed by atoms with Gasteiger partial charge in [0, 0.05) is 16.2 Å². The highest BCUT2D eigenvalue weighted by atomic mass is 19.4. The molecule has 0 heterocycles. The molecule has 5 rings (SSSR count). The van der Waals surface area contributed by atoms with Crippen LogP contribution in [0.25, 0.3) is 33.0 Å². The Morgan fingerprint density at radius 2 is 1.56 bits per heavy atom. The van der Waals surface area contributed by atoms with E-state index in [1.807, 2.05) is 26.0 Å². The first-order chi connectivity index (χ1) is 16.1. The van der Waals surface area contributed by atoms with Crippen LogP contribution in [-0.4, -0.2) is 19.3 Å². The maximum Gasteiger partial charge on any atom is 0.417 e. The summed E-state index contributed by atoms with van der Waals surface area (Å²) in [7, 11) is 3.10. The molecule has 4 aromatic carbocycles. The van der Waals surface area contributed by atoms with E-state index >= 15 is 0 Å². The summed E-state index contributed by atoms with van der Waals surface area (Å²) >= 11 is 0. The molecular weight excluding hydrogens is 441 g/mol. The van der Waals surface area contributed by atoms with Crippen molar-refractivity contribution in [2.24, 2.45) is 0 Å². The lowest BCUT2D eigenvalue weighted by atomic mass is 9.81. The minimum Gasteiger partial charge on any atom is -0.507 e. The first-order valence-corrected chi connectivity index (χ1v) is 10.8. The summed E-state index contributed by atoms with van der Waals surface area (Å²) in [4.78, 5) is 0. The van der Waals surface area contributed by atoms with E-state index in [1.165, 1.54) is 12.1 Å². The summed E-state index contributed by atoms with van der Waals surface area (Å²) in [6.45, 7) is 4.02. The summed E-state index contributed by atoms with van der Waals surface area (Å²) in [5, 5.41) is 12.2. The first kappa shape index (κ1) is 22.1. The van der Waals surface area contributed by atoms with Crippen molar-refractivity contribution in [3.05, 3.63) is 77.4 Å². The highest BCUT2D eigenvalue weighted by molar-refractivity contribution is 6.09. The van der Waals surface area contributed by atoms with Crippen molar-refractivity contribution in [2.75, 3.05) is 14.2 Å². The maximum absolute atomic E-state index is 13.7.